The minimum Gasteiger partial charge on any atom is -0.350 e. The molecular weight excluding hydrogens is 284 g/mol. The smallest absolute Gasteiger partial charge is 0.221 e. The van der Waals surface area contributed by atoms with Crippen molar-refractivity contribution in [1.82, 2.24) is 5.32 Å². The van der Waals surface area contributed by atoms with E-state index in [1.54, 1.807) is 6.92 Å². The van der Waals surface area contributed by atoms with Crippen molar-refractivity contribution in [1.29, 1.82) is 0 Å². The molecule has 2 atom stereocenters. The summed E-state index contributed by atoms with van der Waals surface area (Å²) in [7, 11) is 0. The number of hydrogen-bond donors (Lipinski definition) is 1. The molecule has 0 fully saturated rings. The zero-order valence-electron chi connectivity index (χ0n) is 12.6. The van der Waals surface area contributed by atoms with Crippen LogP contribution in [0.3, 0.4) is 0 Å². The fourth-order valence-corrected chi connectivity index (χ4v) is 2.34. The van der Waals surface area contributed by atoms with E-state index in [1.165, 1.54) is 6.07 Å². The van der Waals surface area contributed by atoms with Crippen molar-refractivity contribution in [3.8, 4) is 0 Å². The van der Waals surface area contributed by atoms with Gasteiger partial charge in [0.25, 0.3) is 0 Å². The van der Waals surface area contributed by atoms with E-state index in [0.29, 0.717) is 12.0 Å². The van der Waals surface area contributed by atoms with Crippen LogP contribution < -0.4 is 5.32 Å². The average Bonchev–Trinajstić information content (AvgIpc) is 2.50. The summed E-state index contributed by atoms with van der Waals surface area (Å²) in [6.07, 6.45) is 0.345. The Bertz CT molecular complexity index is 643. The Morgan fingerprint density at radius 1 is 1.00 bits per heavy atom. The second kappa shape index (κ2) is 7.16. The molecule has 2 aromatic rings. The molecule has 0 saturated carbocycles. The van der Waals surface area contributed by atoms with E-state index < -0.39 is 11.6 Å². The Kier molecular flexibility index (Phi) is 5.26. The molecule has 1 N–H and O–H groups in total. The van der Waals surface area contributed by atoms with E-state index in [9.17, 15) is 13.6 Å². The number of rotatable bonds is 5. The molecule has 0 aliphatic carbocycles. The van der Waals surface area contributed by atoms with Crippen molar-refractivity contribution in [2.45, 2.75) is 32.2 Å². The molecule has 0 aromatic heterocycles. The van der Waals surface area contributed by atoms with Gasteiger partial charge in [-0.2, -0.15) is 0 Å². The van der Waals surface area contributed by atoms with E-state index >= 15 is 0 Å². The first kappa shape index (κ1) is 16.1. The Morgan fingerprint density at radius 3 is 2.32 bits per heavy atom. The van der Waals surface area contributed by atoms with E-state index in [0.717, 1.165) is 17.7 Å². The van der Waals surface area contributed by atoms with Gasteiger partial charge in [-0.25, -0.2) is 8.78 Å². The third-order valence-electron chi connectivity index (χ3n) is 3.68. The molecule has 2 aromatic carbocycles. The van der Waals surface area contributed by atoms with Crippen LogP contribution in [0.5, 0.6) is 0 Å². The molecule has 0 spiro atoms. The van der Waals surface area contributed by atoms with Crippen molar-refractivity contribution >= 4 is 5.91 Å². The number of amides is 1. The highest BCUT2D eigenvalue weighted by Crippen LogP contribution is 2.20. The maximum Gasteiger partial charge on any atom is 0.221 e. The summed E-state index contributed by atoms with van der Waals surface area (Å²) in [6.45, 7) is 3.73. The maximum absolute atomic E-state index is 13.2. The van der Waals surface area contributed by atoms with Crippen LogP contribution in [0.4, 0.5) is 8.78 Å². The summed E-state index contributed by atoms with van der Waals surface area (Å²) in [5.74, 6) is -1.82. The van der Waals surface area contributed by atoms with Gasteiger partial charge in [-0.05, 0) is 36.1 Å². The van der Waals surface area contributed by atoms with Gasteiger partial charge >= 0.3 is 0 Å². The van der Waals surface area contributed by atoms with Gasteiger partial charge in [0, 0.05) is 6.42 Å². The number of carbonyl (C=O) groups is 1. The lowest BCUT2D eigenvalue weighted by Crippen LogP contribution is -2.27. The lowest BCUT2D eigenvalue weighted by molar-refractivity contribution is -0.122. The van der Waals surface area contributed by atoms with Crippen molar-refractivity contribution < 1.29 is 13.6 Å². The van der Waals surface area contributed by atoms with E-state index in [4.69, 9.17) is 0 Å². The highest BCUT2D eigenvalue weighted by atomic mass is 19.2. The predicted molar refractivity (Wildman–Crippen MR) is 82.4 cm³/mol. The second-order valence-corrected chi connectivity index (χ2v) is 5.48. The first-order valence-electron chi connectivity index (χ1n) is 7.26. The van der Waals surface area contributed by atoms with Gasteiger partial charge in [0.05, 0.1) is 6.04 Å². The number of halogens is 2. The zero-order valence-corrected chi connectivity index (χ0v) is 12.6. The van der Waals surface area contributed by atoms with Gasteiger partial charge in [-0.1, -0.05) is 43.3 Å². The van der Waals surface area contributed by atoms with Gasteiger partial charge in [0.1, 0.15) is 0 Å². The van der Waals surface area contributed by atoms with E-state index in [-0.39, 0.29) is 17.9 Å². The van der Waals surface area contributed by atoms with Gasteiger partial charge in [-0.3, -0.25) is 4.79 Å². The van der Waals surface area contributed by atoms with Crippen LogP contribution in [0, 0.1) is 11.6 Å². The second-order valence-electron chi connectivity index (χ2n) is 5.48. The van der Waals surface area contributed by atoms with Gasteiger partial charge in [-0.15, -0.1) is 0 Å². The molecule has 22 heavy (non-hydrogen) atoms. The highest BCUT2D eigenvalue weighted by Gasteiger charge is 2.15. The molecule has 4 heteroatoms. The minimum atomic E-state index is -0.906. The summed E-state index contributed by atoms with van der Waals surface area (Å²) >= 11 is 0. The Hall–Kier alpha value is -2.23. The first-order chi connectivity index (χ1) is 10.5. The van der Waals surface area contributed by atoms with Crippen LogP contribution in [-0.4, -0.2) is 5.91 Å². The molecule has 0 heterocycles. The molecule has 2 nitrogen and oxygen atoms in total. The van der Waals surface area contributed by atoms with Crippen LogP contribution in [-0.2, 0) is 4.79 Å². The quantitative estimate of drug-likeness (QED) is 0.875. The van der Waals surface area contributed by atoms with Crippen LogP contribution in [0.25, 0.3) is 0 Å². The summed E-state index contributed by atoms with van der Waals surface area (Å²) in [4.78, 5) is 12.1. The standard InChI is InChI=1S/C18H19F2NO/c1-12(14-6-4-3-5-7-14)10-18(22)21-13(2)15-8-9-16(19)17(20)11-15/h3-9,11-13H,10H2,1-2H3,(H,21,22). The molecule has 2 unspecified atom stereocenters. The van der Waals surface area contributed by atoms with Gasteiger partial charge < -0.3 is 5.32 Å². The molecule has 0 bridgehead atoms. The fraction of sp³-hybridized carbons (Fsp3) is 0.278. The summed E-state index contributed by atoms with van der Waals surface area (Å²) in [6, 6.07) is 13.1. The molecule has 0 aliphatic rings. The van der Waals surface area contributed by atoms with Crippen molar-refractivity contribution in [3.63, 3.8) is 0 Å². The normalized spacial score (nSPS) is 13.5. The third kappa shape index (κ3) is 4.13. The lowest BCUT2D eigenvalue weighted by atomic mass is 9.97. The molecule has 1 amide bonds. The molecule has 0 aliphatic heterocycles. The fourth-order valence-electron chi connectivity index (χ4n) is 2.34. The topological polar surface area (TPSA) is 29.1 Å². The van der Waals surface area contributed by atoms with Gasteiger partial charge in [0.15, 0.2) is 11.6 Å². The van der Waals surface area contributed by atoms with Crippen molar-refractivity contribution in [2.24, 2.45) is 0 Å². The van der Waals surface area contributed by atoms with Gasteiger partial charge in [0.2, 0.25) is 5.91 Å². The molecule has 0 saturated heterocycles. The molecular formula is C18H19F2NO. The van der Waals surface area contributed by atoms with Crippen LogP contribution in [0.15, 0.2) is 48.5 Å². The predicted octanol–water partition coefficient (Wildman–Crippen LogP) is 4.34. The Balaban J connectivity index is 1.95. The summed E-state index contributed by atoms with van der Waals surface area (Å²) in [5.41, 5.74) is 1.64. The van der Waals surface area contributed by atoms with Crippen LogP contribution >= 0.6 is 0 Å². The van der Waals surface area contributed by atoms with E-state index in [1.807, 2.05) is 37.3 Å². The molecule has 2 rings (SSSR count). The molecule has 116 valence electrons. The van der Waals surface area contributed by atoms with Crippen LogP contribution in [0.1, 0.15) is 43.4 Å². The number of nitrogens with one attached hydrogen (secondary N) is 1. The zero-order chi connectivity index (χ0) is 16.1. The highest BCUT2D eigenvalue weighted by molar-refractivity contribution is 5.77. The van der Waals surface area contributed by atoms with Crippen molar-refractivity contribution in [3.05, 3.63) is 71.3 Å². The summed E-state index contributed by atoms with van der Waals surface area (Å²) < 4.78 is 26.1. The Morgan fingerprint density at radius 2 is 1.68 bits per heavy atom. The number of benzene rings is 2. The lowest BCUT2D eigenvalue weighted by Gasteiger charge is -2.17. The number of hydrogen-bond acceptors (Lipinski definition) is 1. The monoisotopic (exact) mass is 303 g/mol. The largest absolute Gasteiger partial charge is 0.350 e. The number of carbonyl (C=O) groups excluding carboxylic acids is 1. The van der Waals surface area contributed by atoms with Crippen LogP contribution in [0.2, 0.25) is 0 Å². The molecule has 0 radical (unpaired) electrons. The minimum absolute atomic E-state index is 0.0957. The van der Waals surface area contributed by atoms with Crippen molar-refractivity contribution in [2.75, 3.05) is 0 Å². The third-order valence-corrected chi connectivity index (χ3v) is 3.68. The van der Waals surface area contributed by atoms with E-state index in [2.05, 4.69) is 5.32 Å². The maximum atomic E-state index is 13.2. The summed E-state index contributed by atoms with van der Waals surface area (Å²) in [5, 5.41) is 2.82. The first-order valence-corrected chi connectivity index (χ1v) is 7.26. The average molecular weight is 303 g/mol. The SMILES string of the molecule is CC(CC(=O)NC(C)c1ccc(F)c(F)c1)c1ccccc1. The Labute approximate surface area is 129 Å².